The Kier molecular flexibility index (Phi) is 4.24. The van der Waals surface area contributed by atoms with Crippen LogP contribution in [0.15, 0.2) is 29.2 Å². The van der Waals surface area contributed by atoms with E-state index < -0.39 is 4.75 Å². The fourth-order valence-electron chi connectivity index (χ4n) is 1.19. The minimum atomic E-state index is -0.649. The summed E-state index contributed by atoms with van der Waals surface area (Å²) in [4.78, 5) is 12.5. The van der Waals surface area contributed by atoms with Crippen LogP contribution in [0, 0.1) is 0 Å². The van der Waals surface area contributed by atoms with Crippen LogP contribution in [-0.2, 0) is 9.53 Å². The lowest BCUT2D eigenvalue weighted by atomic mass is 10.2. The van der Waals surface area contributed by atoms with Crippen molar-refractivity contribution in [2.45, 2.75) is 30.4 Å². The van der Waals surface area contributed by atoms with Gasteiger partial charge in [-0.25, -0.2) is 0 Å². The Bertz CT molecular complexity index is 374. The van der Waals surface area contributed by atoms with Gasteiger partial charge in [0.15, 0.2) is 0 Å². The molecular weight excluding hydrogens is 224 g/mol. The molecule has 1 aromatic rings. The van der Waals surface area contributed by atoms with E-state index in [1.165, 1.54) is 11.8 Å². The standard InChI is InChI=1S/C12H16O3S/c1-4-15-11(14)12(2,3)16-10-7-5-6-9(13)8-10/h5-8,13H,4H2,1-3H3. The molecule has 0 heterocycles. The smallest absolute Gasteiger partial charge is 0.321 e. The van der Waals surface area contributed by atoms with Gasteiger partial charge in [-0.15, -0.1) is 11.8 Å². The number of hydrogen-bond acceptors (Lipinski definition) is 4. The Balaban J connectivity index is 2.75. The van der Waals surface area contributed by atoms with Crippen LogP contribution >= 0.6 is 11.8 Å². The van der Waals surface area contributed by atoms with Crippen LogP contribution in [0.4, 0.5) is 0 Å². The maximum absolute atomic E-state index is 11.6. The Hall–Kier alpha value is -1.16. The summed E-state index contributed by atoms with van der Waals surface area (Å²) in [6.07, 6.45) is 0. The molecule has 0 radical (unpaired) electrons. The summed E-state index contributed by atoms with van der Waals surface area (Å²) in [5.74, 6) is -0.0481. The maximum atomic E-state index is 11.6. The number of carbonyl (C=O) groups is 1. The van der Waals surface area contributed by atoms with Gasteiger partial charge in [0.05, 0.1) is 6.61 Å². The fourth-order valence-corrected chi connectivity index (χ4v) is 2.25. The van der Waals surface area contributed by atoms with E-state index in [9.17, 15) is 9.90 Å². The van der Waals surface area contributed by atoms with Crippen LogP contribution in [0.1, 0.15) is 20.8 Å². The van der Waals surface area contributed by atoms with Crippen molar-refractivity contribution in [3.8, 4) is 5.75 Å². The summed E-state index contributed by atoms with van der Waals surface area (Å²) in [5.41, 5.74) is 0. The van der Waals surface area contributed by atoms with E-state index in [0.29, 0.717) is 6.61 Å². The first-order valence-electron chi connectivity index (χ1n) is 5.11. The molecule has 0 saturated heterocycles. The van der Waals surface area contributed by atoms with E-state index in [1.54, 1.807) is 39.0 Å². The highest BCUT2D eigenvalue weighted by Gasteiger charge is 2.30. The lowest BCUT2D eigenvalue weighted by Gasteiger charge is -2.21. The Morgan fingerprint density at radius 2 is 2.19 bits per heavy atom. The first-order chi connectivity index (χ1) is 7.45. The van der Waals surface area contributed by atoms with Crippen molar-refractivity contribution in [1.82, 2.24) is 0 Å². The van der Waals surface area contributed by atoms with Gasteiger partial charge in [-0.3, -0.25) is 4.79 Å². The molecule has 0 aliphatic carbocycles. The molecule has 0 spiro atoms. The van der Waals surface area contributed by atoms with Gasteiger partial charge in [-0.05, 0) is 39.0 Å². The molecule has 1 aromatic carbocycles. The Labute approximate surface area is 99.8 Å². The SMILES string of the molecule is CCOC(=O)C(C)(C)Sc1cccc(O)c1. The molecule has 16 heavy (non-hydrogen) atoms. The zero-order chi connectivity index (χ0) is 12.2. The number of ether oxygens (including phenoxy) is 1. The number of benzene rings is 1. The van der Waals surface area contributed by atoms with Gasteiger partial charge in [0, 0.05) is 4.90 Å². The number of phenolic OH excluding ortho intramolecular Hbond substituents is 1. The highest BCUT2D eigenvalue weighted by Crippen LogP contribution is 2.34. The van der Waals surface area contributed by atoms with Gasteiger partial charge in [-0.2, -0.15) is 0 Å². The molecule has 1 N–H and O–H groups in total. The average molecular weight is 240 g/mol. The molecule has 0 amide bonds. The minimum Gasteiger partial charge on any atom is -0.508 e. The van der Waals surface area contributed by atoms with Crippen LogP contribution in [0.5, 0.6) is 5.75 Å². The molecule has 0 atom stereocenters. The molecule has 0 aliphatic heterocycles. The second-order valence-corrected chi connectivity index (χ2v) is 5.53. The summed E-state index contributed by atoms with van der Waals surface area (Å²) < 4.78 is 4.34. The lowest BCUT2D eigenvalue weighted by molar-refractivity contribution is -0.145. The number of phenols is 1. The van der Waals surface area contributed by atoms with Crippen LogP contribution in [0.25, 0.3) is 0 Å². The maximum Gasteiger partial charge on any atom is 0.321 e. The van der Waals surface area contributed by atoms with Crippen molar-refractivity contribution >= 4 is 17.7 Å². The monoisotopic (exact) mass is 240 g/mol. The molecule has 4 heteroatoms. The summed E-state index contributed by atoms with van der Waals surface area (Å²) >= 11 is 1.37. The van der Waals surface area contributed by atoms with E-state index in [2.05, 4.69) is 0 Å². The van der Waals surface area contributed by atoms with E-state index in [-0.39, 0.29) is 11.7 Å². The van der Waals surface area contributed by atoms with E-state index in [4.69, 9.17) is 4.74 Å². The molecule has 0 saturated carbocycles. The zero-order valence-corrected chi connectivity index (χ0v) is 10.5. The number of aromatic hydroxyl groups is 1. The van der Waals surface area contributed by atoms with Gasteiger partial charge in [-0.1, -0.05) is 6.07 Å². The molecule has 0 fully saturated rings. The number of thioether (sulfide) groups is 1. The van der Waals surface area contributed by atoms with Crippen molar-refractivity contribution in [2.24, 2.45) is 0 Å². The highest BCUT2D eigenvalue weighted by molar-refractivity contribution is 8.01. The number of rotatable bonds is 4. The summed E-state index contributed by atoms with van der Waals surface area (Å²) in [5, 5.41) is 9.32. The third-order valence-corrected chi connectivity index (χ3v) is 3.12. The highest BCUT2D eigenvalue weighted by atomic mass is 32.2. The van der Waals surface area contributed by atoms with Gasteiger partial charge < -0.3 is 9.84 Å². The zero-order valence-electron chi connectivity index (χ0n) is 9.69. The van der Waals surface area contributed by atoms with Crippen LogP contribution in [0.3, 0.4) is 0 Å². The van der Waals surface area contributed by atoms with Gasteiger partial charge in [0.1, 0.15) is 10.5 Å². The first kappa shape index (κ1) is 12.9. The Morgan fingerprint density at radius 3 is 2.75 bits per heavy atom. The predicted molar refractivity (Wildman–Crippen MR) is 64.7 cm³/mol. The molecule has 3 nitrogen and oxygen atoms in total. The van der Waals surface area contributed by atoms with Crippen molar-refractivity contribution in [2.75, 3.05) is 6.61 Å². The van der Waals surface area contributed by atoms with Crippen molar-refractivity contribution < 1.29 is 14.6 Å². The first-order valence-corrected chi connectivity index (χ1v) is 5.92. The van der Waals surface area contributed by atoms with Gasteiger partial charge in [0.25, 0.3) is 0 Å². The molecule has 0 aromatic heterocycles. The second kappa shape index (κ2) is 5.25. The van der Waals surface area contributed by atoms with Crippen LogP contribution < -0.4 is 0 Å². The van der Waals surface area contributed by atoms with Crippen molar-refractivity contribution in [1.29, 1.82) is 0 Å². The topological polar surface area (TPSA) is 46.5 Å². The van der Waals surface area contributed by atoms with E-state index >= 15 is 0 Å². The third kappa shape index (κ3) is 3.45. The van der Waals surface area contributed by atoms with Gasteiger partial charge in [0.2, 0.25) is 0 Å². The molecule has 88 valence electrons. The van der Waals surface area contributed by atoms with Crippen LogP contribution in [-0.4, -0.2) is 22.4 Å². The van der Waals surface area contributed by atoms with Gasteiger partial charge >= 0.3 is 5.97 Å². The second-order valence-electron chi connectivity index (χ2n) is 3.83. The molecular formula is C12H16O3S. The normalized spacial score (nSPS) is 11.2. The molecule has 0 bridgehead atoms. The third-order valence-electron chi connectivity index (χ3n) is 1.96. The van der Waals surface area contributed by atoms with Crippen molar-refractivity contribution in [3.05, 3.63) is 24.3 Å². The number of carbonyl (C=O) groups excluding carboxylic acids is 1. The van der Waals surface area contributed by atoms with E-state index in [1.807, 2.05) is 6.07 Å². The minimum absolute atomic E-state index is 0.199. The summed E-state index contributed by atoms with van der Waals surface area (Å²) in [6, 6.07) is 6.83. The number of hydrogen-bond donors (Lipinski definition) is 1. The predicted octanol–water partition coefficient (Wildman–Crippen LogP) is 2.83. The summed E-state index contributed by atoms with van der Waals surface area (Å²) in [6.45, 7) is 5.77. The Morgan fingerprint density at radius 1 is 1.50 bits per heavy atom. The largest absolute Gasteiger partial charge is 0.508 e. The quantitative estimate of drug-likeness (QED) is 0.649. The molecule has 0 unspecified atom stereocenters. The van der Waals surface area contributed by atoms with Crippen LogP contribution in [0.2, 0.25) is 0 Å². The average Bonchev–Trinajstić information content (AvgIpc) is 2.17. The molecule has 0 aliphatic rings. The fraction of sp³-hybridized carbons (Fsp3) is 0.417. The molecule has 1 rings (SSSR count). The van der Waals surface area contributed by atoms with Crippen molar-refractivity contribution in [3.63, 3.8) is 0 Å². The lowest BCUT2D eigenvalue weighted by Crippen LogP contribution is -2.29. The summed E-state index contributed by atoms with van der Waals surface area (Å²) in [7, 11) is 0. The number of esters is 1. The van der Waals surface area contributed by atoms with E-state index in [0.717, 1.165) is 4.90 Å².